The molecular weight excluding hydrogens is 262 g/mol. The number of rotatable bonds is 6. The third-order valence-electron chi connectivity index (χ3n) is 3.39. The lowest BCUT2D eigenvalue weighted by Gasteiger charge is -2.14. The van der Waals surface area contributed by atoms with E-state index in [-0.39, 0.29) is 0 Å². The van der Waals surface area contributed by atoms with E-state index in [1.165, 1.54) is 11.1 Å². The van der Waals surface area contributed by atoms with Gasteiger partial charge in [-0.15, -0.1) is 0 Å². The maximum atomic E-state index is 5.74. The van der Waals surface area contributed by atoms with Gasteiger partial charge in [-0.1, -0.05) is 18.2 Å². The van der Waals surface area contributed by atoms with Crippen LogP contribution >= 0.6 is 0 Å². The molecule has 0 aliphatic heterocycles. The van der Waals surface area contributed by atoms with Crippen LogP contribution in [-0.4, -0.2) is 13.2 Å². The van der Waals surface area contributed by atoms with Crippen molar-refractivity contribution in [1.82, 2.24) is 0 Å². The molecule has 0 bridgehead atoms. The van der Waals surface area contributed by atoms with Crippen LogP contribution in [0.25, 0.3) is 11.1 Å². The summed E-state index contributed by atoms with van der Waals surface area (Å²) in [6.07, 6.45) is 0. The summed E-state index contributed by atoms with van der Waals surface area (Å²) >= 11 is 0. The minimum atomic E-state index is 0.544. The van der Waals surface area contributed by atoms with Crippen LogP contribution in [0.2, 0.25) is 0 Å². The molecule has 0 aromatic heterocycles. The second-order valence-corrected chi connectivity index (χ2v) is 4.88. The molecule has 0 heterocycles. The van der Waals surface area contributed by atoms with Crippen LogP contribution in [0.15, 0.2) is 36.4 Å². The van der Waals surface area contributed by atoms with Gasteiger partial charge >= 0.3 is 0 Å². The van der Waals surface area contributed by atoms with Crippen LogP contribution in [0.1, 0.15) is 25.0 Å². The van der Waals surface area contributed by atoms with E-state index in [4.69, 9.17) is 15.2 Å². The van der Waals surface area contributed by atoms with Crippen molar-refractivity contribution in [2.75, 3.05) is 13.2 Å². The molecule has 2 aromatic rings. The first-order valence-electron chi connectivity index (χ1n) is 7.39. The molecule has 2 rings (SSSR count). The predicted molar refractivity (Wildman–Crippen MR) is 86.8 cm³/mol. The smallest absolute Gasteiger partial charge is 0.161 e. The summed E-state index contributed by atoms with van der Waals surface area (Å²) in [7, 11) is 0. The van der Waals surface area contributed by atoms with Crippen molar-refractivity contribution in [2.45, 2.75) is 27.3 Å². The molecule has 0 spiro atoms. The highest BCUT2D eigenvalue weighted by atomic mass is 16.5. The van der Waals surface area contributed by atoms with Crippen LogP contribution in [0, 0.1) is 6.92 Å². The summed E-state index contributed by atoms with van der Waals surface area (Å²) in [5.74, 6) is 1.57. The lowest BCUT2D eigenvalue weighted by Crippen LogP contribution is -1.99. The third kappa shape index (κ3) is 3.56. The van der Waals surface area contributed by atoms with Gasteiger partial charge in [0.1, 0.15) is 0 Å². The maximum Gasteiger partial charge on any atom is 0.161 e. The summed E-state index contributed by atoms with van der Waals surface area (Å²) in [4.78, 5) is 0. The van der Waals surface area contributed by atoms with E-state index in [0.717, 1.165) is 22.6 Å². The second-order valence-electron chi connectivity index (χ2n) is 4.88. The summed E-state index contributed by atoms with van der Waals surface area (Å²) in [6.45, 7) is 7.84. The normalized spacial score (nSPS) is 10.5. The summed E-state index contributed by atoms with van der Waals surface area (Å²) < 4.78 is 11.3. The van der Waals surface area contributed by atoms with Crippen molar-refractivity contribution in [3.05, 3.63) is 47.5 Å². The molecular formula is C18H23NO2. The molecule has 3 heteroatoms. The van der Waals surface area contributed by atoms with Gasteiger partial charge in [-0.05, 0) is 61.2 Å². The zero-order valence-electron chi connectivity index (χ0n) is 13.0. The van der Waals surface area contributed by atoms with Gasteiger partial charge in [0.05, 0.1) is 13.2 Å². The number of hydrogen-bond acceptors (Lipinski definition) is 3. The van der Waals surface area contributed by atoms with Gasteiger partial charge in [-0.2, -0.15) is 0 Å². The number of ether oxygens (including phenoxy) is 2. The third-order valence-corrected chi connectivity index (χ3v) is 3.39. The van der Waals surface area contributed by atoms with E-state index < -0.39 is 0 Å². The zero-order valence-corrected chi connectivity index (χ0v) is 13.0. The Morgan fingerprint density at radius 3 is 2.29 bits per heavy atom. The molecule has 0 saturated carbocycles. The van der Waals surface area contributed by atoms with Crippen molar-refractivity contribution in [3.63, 3.8) is 0 Å². The van der Waals surface area contributed by atoms with Crippen LogP contribution in [0.5, 0.6) is 11.5 Å². The van der Waals surface area contributed by atoms with Crippen LogP contribution in [0.3, 0.4) is 0 Å². The highest BCUT2D eigenvalue weighted by molar-refractivity contribution is 5.70. The number of benzene rings is 2. The molecule has 2 aromatic carbocycles. The van der Waals surface area contributed by atoms with Gasteiger partial charge in [0.15, 0.2) is 11.5 Å². The summed E-state index contributed by atoms with van der Waals surface area (Å²) in [5.41, 5.74) is 10.4. The molecule has 112 valence electrons. The summed E-state index contributed by atoms with van der Waals surface area (Å²) in [5, 5.41) is 0. The summed E-state index contributed by atoms with van der Waals surface area (Å²) in [6, 6.07) is 12.4. The van der Waals surface area contributed by atoms with E-state index in [9.17, 15) is 0 Å². The number of aryl methyl sites for hydroxylation is 1. The van der Waals surface area contributed by atoms with E-state index >= 15 is 0 Å². The molecule has 3 nitrogen and oxygen atoms in total. The Bertz CT molecular complexity index is 608. The Kier molecular flexibility index (Phi) is 5.23. The molecule has 0 aliphatic rings. The number of hydrogen-bond donors (Lipinski definition) is 1. The van der Waals surface area contributed by atoms with Gasteiger partial charge in [0.2, 0.25) is 0 Å². The minimum absolute atomic E-state index is 0.544. The lowest BCUT2D eigenvalue weighted by molar-refractivity contribution is 0.288. The Morgan fingerprint density at radius 2 is 1.62 bits per heavy atom. The molecule has 0 aliphatic carbocycles. The van der Waals surface area contributed by atoms with Crippen molar-refractivity contribution in [3.8, 4) is 22.6 Å². The molecule has 0 saturated heterocycles. The van der Waals surface area contributed by atoms with Gasteiger partial charge < -0.3 is 15.2 Å². The Morgan fingerprint density at radius 1 is 0.905 bits per heavy atom. The second kappa shape index (κ2) is 7.14. The van der Waals surface area contributed by atoms with Crippen molar-refractivity contribution < 1.29 is 9.47 Å². The van der Waals surface area contributed by atoms with E-state index in [0.29, 0.717) is 19.8 Å². The SMILES string of the molecule is CCOc1ccc(-c2cc(CN)ccc2C)cc1OCC. The molecule has 2 N–H and O–H groups in total. The first-order chi connectivity index (χ1) is 10.2. The van der Waals surface area contributed by atoms with Crippen molar-refractivity contribution in [2.24, 2.45) is 5.73 Å². The maximum absolute atomic E-state index is 5.74. The van der Waals surface area contributed by atoms with Gasteiger partial charge in [0, 0.05) is 6.54 Å². The highest BCUT2D eigenvalue weighted by Gasteiger charge is 2.09. The topological polar surface area (TPSA) is 44.5 Å². The fraction of sp³-hybridized carbons (Fsp3) is 0.333. The standard InChI is InChI=1S/C18H23NO2/c1-4-20-17-9-8-15(11-18(17)21-5-2)16-10-14(12-19)7-6-13(16)3/h6-11H,4-5,12,19H2,1-3H3. The monoisotopic (exact) mass is 285 g/mol. The first kappa shape index (κ1) is 15.4. The quantitative estimate of drug-likeness (QED) is 0.875. The van der Waals surface area contributed by atoms with Crippen LogP contribution in [-0.2, 0) is 6.54 Å². The van der Waals surface area contributed by atoms with Gasteiger partial charge in [-0.3, -0.25) is 0 Å². The predicted octanol–water partition coefficient (Wildman–Crippen LogP) is 3.92. The molecule has 0 fully saturated rings. The largest absolute Gasteiger partial charge is 0.490 e. The van der Waals surface area contributed by atoms with Crippen LogP contribution in [0.4, 0.5) is 0 Å². The first-order valence-corrected chi connectivity index (χ1v) is 7.39. The zero-order chi connectivity index (χ0) is 15.2. The van der Waals surface area contributed by atoms with Crippen molar-refractivity contribution >= 4 is 0 Å². The van der Waals surface area contributed by atoms with Gasteiger partial charge in [-0.25, -0.2) is 0 Å². The van der Waals surface area contributed by atoms with E-state index in [1.54, 1.807) is 0 Å². The Balaban J connectivity index is 2.46. The average Bonchev–Trinajstić information content (AvgIpc) is 2.50. The molecule has 0 radical (unpaired) electrons. The fourth-order valence-electron chi connectivity index (χ4n) is 2.33. The molecule has 0 unspecified atom stereocenters. The van der Waals surface area contributed by atoms with Crippen LogP contribution < -0.4 is 15.2 Å². The fourth-order valence-corrected chi connectivity index (χ4v) is 2.33. The Hall–Kier alpha value is -2.00. The Labute approximate surface area is 126 Å². The van der Waals surface area contributed by atoms with E-state index in [1.807, 2.05) is 26.0 Å². The number of nitrogens with two attached hydrogens (primary N) is 1. The molecule has 0 atom stereocenters. The average molecular weight is 285 g/mol. The van der Waals surface area contributed by atoms with Crippen molar-refractivity contribution in [1.29, 1.82) is 0 Å². The molecule has 21 heavy (non-hydrogen) atoms. The highest BCUT2D eigenvalue weighted by Crippen LogP contribution is 2.34. The van der Waals surface area contributed by atoms with Gasteiger partial charge in [0.25, 0.3) is 0 Å². The lowest BCUT2D eigenvalue weighted by atomic mass is 9.98. The van der Waals surface area contributed by atoms with E-state index in [2.05, 4.69) is 31.2 Å². The minimum Gasteiger partial charge on any atom is -0.490 e. The molecule has 0 amide bonds.